The van der Waals surface area contributed by atoms with Crippen LogP contribution in [0, 0.1) is 11.3 Å². The van der Waals surface area contributed by atoms with E-state index in [1.165, 1.54) is 0 Å². The summed E-state index contributed by atoms with van der Waals surface area (Å²) in [5.41, 5.74) is 0. The first kappa shape index (κ1) is 11.4. The molecule has 2 aromatic carbocycles. The maximum Gasteiger partial charge on any atom is 0.129 e. The lowest BCUT2D eigenvalue weighted by molar-refractivity contribution is 0.298. The molecule has 86 valence electrons. The van der Waals surface area contributed by atoms with Crippen molar-refractivity contribution >= 4 is 10.8 Å². The summed E-state index contributed by atoms with van der Waals surface area (Å²) in [6, 6.07) is 15.8. The van der Waals surface area contributed by atoms with Gasteiger partial charge in [0.2, 0.25) is 0 Å². The van der Waals surface area contributed by atoms with Crippen molar-refractivity contribution in [2.24, 2.45) is 0 Å². The zero-order valence-corrected chi connectivity index (χ0v) is 9.68. The number of rotatable bonds is 4. The highest BCUT2D eigenvalue weighted by atomic mass is 16.5. The average molecular weight is 226 g/mol. The molecule has 2 rings (SSSR count). The van der Waals surface area contributed by atoms with Crippen LogP contribution in [0.5, 0.6) is 5.75 Å². The van der Waals surface area contributed by atoms with Crippen LogP contribution >= 0.6 is 0 Å². The second-order valence-corrected chi connectivity index (χ2v) is 3.76. The standard InChI is InChI=1S/C14H14N2O/c1-16-12(9-15)10-17-14-8-4-6-11-5-2-3-7-13(11)14/h2-8,12,16H,10H2,1H3. The number of fused-ring (bicyclic) bond motifs is 1. The van der Waals surface area contributed by atoms with Crippen LogP contribution in [0.3, 0.4) is 0 Å². The van der Waals surface area contributed by atoms with Crippen LogP contribution in [-0.2, 0) is 0 Å². The van der Waals surface area contributed by atoms with Gasteiger partial charge in [0.05, 0.1) is 6.07 Å². The van der Waals surface area contributed by atoms with Gasteiger partial charge in [-0.3, -0.25) is 0 Å². The Bertz CT molecular complexity index is 540. The first-order chi connectivity index (χ1) is 8.35. The molecule has 0 aliphatic rings. The van der Waals surface area contributed by atoms with Crippen LogP contribution in [0.1, 0.15) is 0 Å². The van der Waals surface area contributed by atoms with Gasteiger partial charge >= 0.3 is 0 Å². The molecular weight excluding hydrogens is 212 g/mol. The van der Waals surface area contributed by atoms with E-state index in [1.54, 1.807) is 7.05 Å². The highest BCUT2D eigenvalue weighted by Gasteiger charge is 2.06. The van der Waals surface area contributed by atoms with Crippen molar-refractivity contribution in [3.63, 3.8) is 0 Å². The summed E-state index contributed by atoms with van der Waals surface area (Å²) < 4.78 is 5.68. The van der Waals surface area contributed by atoms with Crippen molar-refractivity contribution in [1.82, 2.24) is 5.32 Å². The number of nitrogens with zero attached hydrogens (tertiary/aromatic N) is 1. The lowest BCUT2D eigenvalue weighted by Crippen LogP contribution is -2.29. The Morgan fingerprint density at radius 2 is 2.00 bits per heavy atom. The number of likely N-dealkylation sites (N-methyl/N-ethyl adjacent to an activating group) is 1. The number of ether oxygens (including phenoxy) is 1. The van der Waals surface area contributed by atoms with Gasteiger partial charge in [-0.15, -0.1) is 0 Å². The van der Waals surface area contributed by atoms with Gasteiger partial charge in [-0.05, 0) is 18.5 Å². The number of nitrogens with one attached hydrogen (secondary N) is 1. The average Bonchev–Trinajstić information content (AvgIpc) is 2.40. The van der Waals surface area contributed by atoms with Crippen LogP contribution in [-0.4, -0.2) is 19.7 Å². The molecule has 0 aromatic heterocycles. The third kappa shape index (κ3) is 2.55. The van der Waals surface area contributed by atoms with Crippen molar-refractivity contribution in [1.29, 1.82) is 5.26 Å². The molecule has 0 bridgehead atoms. The molecule has 3 nitrogen and oxygen atoms in total. The predicted octanol–water partition coefficient (Wildman–Crippen LogP) is 2.33. The minimum absolute atomic E-state index is 0.283. The van der Waals surface area contributed by atoms with Gasteiger partial charge in [0.15, 0.2) is 0 Å². The summed E-state index contributed by atoms with van der Waals surface area (Å²) in [6.07, 6.45) is 0. The van der Waals surface area contributed by atoms with Crippen molar-refractivity contribution < 1.29 is 4.74 Å². The van der Waals surface area contributed by atoms with Crippen molar-refractivity contribution in [2.75, 3.05) is 13.7 Å². The third-order valence-corrected chi connectivity index (χ3v) is 2.66. The number of nitriles is 1. The molecule has 2 aromatic rings. The van der Waals surface area contributed by atoms with E-state index in [0.29, 0.717) is 6.61 Å². The number of hydrogen-bond acceptors (Lipinski definition) is 3. The van der Waals surface area contributed by atoms with E-state index in [4.69, 9.17) is 10.00 Å². The SMILES string of the molecule is CNC(C#N)COc1cccc2ccccc12. The highest BCUT2D eigenvalue weighted by Crippen LogP contribution is 2.25. The number of hydrogen-bond donors (Lipinski definition) is 1. The van der Waals surface area contributed by atoms with Gasteiger partial charge in [-0.25, -0.2) is 0 Å². The molecule has 0 saturated carbocycles. The maximum atomic E-state index is 8.82. The van der Waals surface area contributed by atoms with Crippen LogP contribution in [0.2, 0.25) is 0 Å². The molecule has 1 N–H and O–H groups in total. The summed E-state index contributed by atoms with van der Waals surface area (Å²) in [7, 11) is 1.75. The summed E-state index contributed by atoms with van der Waals surface area (Å²) in [6.45, 7) is 0.348. The fourth-order valence-corrected chi connectivity index (χ4v) is 1.68. The molecule has 0 aliphatic heterocycles. The Kier molecular flexibility index (Phi) is 3.59. The zero-order valence-electron chi connectivity index (χ0n) is 9.68. The van der Waals surface area contributed by atoms with E-state index in [9.17, 15) is 0 Å². The Hall–Kier alpha value is -2.05. The predicted molar refractivity (Wildman–Crippen MR) is 67.9 cm³/mol. The fourth-order valence-electron chi connectivity index (χ4n) is 1.68. The molecule has 1 unspecified atom stereocenters. The Morgan fingerprint density at radius 1 is 1.24 bits per heavy atom. The monoisotopic (exact) mass is 226 g/mol. The molecule has 0 saturated heterocycles. The molecule has 0 spiro atoms. The lowest BCUT2D eigenvalue weighted by Gasteiger charge is -2.12. The third-order valence-electron chi connectivity index (χ3n) is 2.66. The van der Waals surface area contributed by atoms with Crippen LogP contribution < -0.4 is 10.1 Å². The first-order valence-corrected chi connectivity index (χ1v) is 5.52. The highest BCUT2D eigenvalue weighted by molar-refractivity contribution is 5.88. The summed E-state index contributed by atoms with van der Waals surface area (Å²) >= 11 is 0. The number of benzene rings is 2. The second kappa shape index (κ2) is 5.33. The molecule has 3 heteroatoms. The van der Waals surface area contributed by atoms with Gasteiger partial charge in [-0.2, -0.15) is 5.26 Å². The van der Waals surface area contributed by atoms with Gasteiger partial charge in [0, 0.05) is 5.39 Å². The van der Waals surface area contributed by atoms with Gasteiger partial charge in [0.1, 0.15) is 18.4 Å². The summed E-state index contributed by atoms with van der Waals surface area (Å²) in [4.78, 5) is 0. The summed E-state index contributed by atoms with van der Waals surface area (Å²) in [5, 5.41) is 13.9. The molecule has 17 heavy (non-hydrogen) atoms. The Labute approximate surface area is 101 Å². The van der Waals surface area contributed by atoms with E-state index in [2.05, 4.69) is 11.4 Å². The first-order valence-electron chi connectivity index (χ1n) is 5.52. The van der Waals surface area contributed by atoms with E-state index >= 15 is 0 Å². The molecule has 0 radical (unpaired) electrons. The summed E-state index contributed by atoms with van der Waals surface area (Å²) in [5.74, 6) is 0.818. The van der Waals surface area contributed by atoms with Crippen LogP contribution in [0.25, 0.3) is 10.8 Å². The van der Waals surface area contributed by atoms with Crippen molar-refractivity contribution in [2.45, 2.75) is 6.04 Å². The fraction of sp³-hybridized carbons (Fsp3) is 0.214. The van der Waals surface area contributed by atoms with Gasteiger partial charge < -0.3 is 10.1 Å². The molecule has 0 fully saturated rings. The topological polar surface area (TPSA) is 45.0 Å². The second-order valence-electron chi connectivity index (χ2n) is 3.76. The minimum Gasteiger partial charge on any atom is -0.490 e. The normalized spacial score (nSPS) is 12.0. The zero-order chi connectivity index (χ0) is 12.1. The molecular formula is C14H14N2O. The smallest absolute Gasteiger partial charge is 0.129 e. The van der Waals surface area contributed by atoms with Crippen LogP contribution in [0.15, 0.2) is 42.5 Å². The lowest BCUT2D eigenvalue weighted by atomic mass is 10.1. The quantitative estimate of drug-likeness (QED) is 0.870. The van der Waals surface area contributed by atoms with E-state index in [0.717, 1.165) is 16.5 Å². The Balaban J connectivity index is 2.22. The van der Waals surface area contributed by atoms with Crippen molar-refractivity contribution in [3.05, 3.63) is 42.5 Å². The van der Waals surface area contributed by atoms with Crippen LogP contribution in [0.4, 0.5) is 0 Å². The molecule has 0 aliphatic carbocycles. The minimum atomic E-state index is -0.283. The van der Waals surface area contributed by atoms with E-state index < -0.39 is 0 Å². The largest absolute Gasteiger partial charge is 0.490 e. The molecule has 0 amide bonds. The van der Waals surface area contributed by atoms with E-state index in [1.807, 2.05) is 42.5 Å². The van der Waals surface area contributed by atoms with Crippen molar-refractivity contribution in [3.8, 4) is 11.8 Å². The Morgan fingerprint density at radius 3 is 2.76 bits per heavy atom. The van der Waals surface area contributed by atoms with E-state index in [-0.39, 0.29) is 6.04 Å². The molecule has 1 atom stereocenters. The maximum absolute atomic E-state index is 8.82. The van der Waals surface area contributed by atoms with Gasteiger partial charge in [0.25, 0.3) is 0 Å². The van der Waals surface area contributed by atoms with Gasteiger partial charge in [-0.1, -0.05) is 36.4 Å². The molecule has 0 heterocycles.